The molecule has 0 bridgehead atoms. The fourth-order valence-electron chi connectivity index (χ4n) is 1.61. The van der Waals surface area contributed by atoms with E-state index in [0.717, 1.165) is 5.92 Å². The third kappa shape index (κ3) is 7.06. The summed E-state index contributed by atoms with van der Waals surface area (Å²) < 4.78 is 0. The molecule has 80 valence electrons. The van der Waals surface area contributed by atoms with Crippen LogP contribution in [0.25, 0.3) is 0 Å². The molecular weight excluding hydrogens is 158 g/mol. The molecule has 0 saturated carbocycles. The Morgan fingerprint density at radius 1 is 1.08 bits per heavy atom. The van der Waals surface area contributed by atoms with Crippen LogP contribution in [-0.4, -0.2) is 24.5 Å². The number of hydrogen-bond acceptors (Lipinski definition) is 1. The van der Waals surface area contributed by atoms with Crippen LogP contribution in [-0.2, 0) is 0 Å². The van der Waals surface area contributed by atoms with E-state index >= 15 is 0 Å². The van der Waals surface area contributed by atoms with Crippen molar-refractivity contribution in [1.82, 2.24) is 4.90 Å². The lowest BCUT2D eigenvalue weighted by molar-refractivity contribution is 0.274. The lowest BCUT2D eigenvalue weighted by Crippen LogP contribution is -2.25. The van der Waals surface area contributed by atoms with E-state index in [-0.39, 0.29) is 0 Å². The Bertz CT molecular complexity index is 101. The molecular formula is C12H27N. The van der Waals surface area contributed by atoms with Gasteiger partial charge in [0.05, 0.1) is 0 Å². The molecule has 0 aliphatic carbocycles. The van der Waals surface area contributed by atoms with Gasteiger partial charge >= 0.3 is 0 Å². The summed E-state index contributed by atoms with van der Waals surface area (Å²) in [5.74, 6) is 0.917. The highest BCUT2D eigenvalue weighted by Gasteiger charge is 2.02. The quantitative estimate of drug-likeness (QED) is 0.559. The average Bonchev–Trinajstić information content (AvgIpc) is 2.16. The van der Waals surface area contributed by atoms with Crippen LogP contribution < -0.4 is 0 Å². The Morgan fingerprint density at radius 2 is 1.77 bits per heavy atom. The zero-order valence-electron chi connectivity index (χ0n) is 9.97. The van der Waals surface area contributed by atoms with Gasteiger partial charge in [0.15, 0.2) is 0 Å². The summed E-state index contributed by atoms with van der Waals surface area (Å²) in [6.45, 7) is 13.0. The molecule has 0 aliphatic rings. The van der Waals surface area contributed by atoms with Crippen molar-refractivity contribution >= 4 is 0 Å². The van der Waals surface area contributed by atoms with E-state index in [4.69, 9.17) is 0 Å². The van der Waals surface area contributed by atoms with Crippen LogP contribution in [0.1, 0.15) is 53.4 Å². The molecule has 1 nitrogen and oxygen atoms in total. The molecule has 0 amide bonds. The highest BCUT2D eigenvalue weighted by molar-refractivity contribution is 4.57. The second-order valence-corrected chi connectivity index (χ2v) is 4.09. The van der Waals surface area contributed by atoms with Gasteiger partial charge < -0.3 is 4.90 Å². The van der Waals surface area contributed by atoms with Crippen LogP contribution in [0.3, 0.4) is 0 Å². The Hall–Kier alpha value is -0.0400. The largest absolute Gasteiger partial charge is 0.304 e. The summed E-state index contributed by atoms with van der Waals surface area (Å²) in [6.07, 6.45) is 5.40. The monoisotopic (exact) mass is 185 g/mol. The molecule has 1 unspecified atom stereocenters. The molecule has 0 fully saturated rings. The minimum Gasteiger partial charge on any atom is -0.304 e. The molecule has 0 aromatic heterocycles. The fraction of sp³-hybridized carbons (Fsp3) is 1.00. The summed E-state index contributed by atoms with van der Waals surface area (Å²) in [6, 6.07) is 0. The Morgan fingerprint density at radius 3 is 2.23 bits per heavy atom. The van der Waals surface area contributed by atoms with Gasteiger partial charge in [-0.25, -0.2) is 0 Å². The predicted octanol–water partition coefficient (Wildman–Crippen LogP) is 3.54. The van der Waals surface area contributed by atoms with Crippen LogP contribution in [0.2, 0.25) is 0 Å². The summed E-state index contributed by atoms with van der Waals surface area (Å²) in [7, 11) is 0. The Balaban J connectivity index is 3.37. The minimum absolute atomic E-state index is 0.917. The summed E-state index contributed by atoms with van der Waals surface area (Å²) >= 11 is 0. The number of nitrogens with zero attached hydrogens (tertiary/aromatic N) is 1. The highest BCUT2D eigenvalue weighted by Crippen LogP contribution is 2.09. The first-order valence-electron chi connectivity index (χ1n) is 5.96. The van der Waals surface area contributed by atoms with Crippen molar-refractivity contribution in [3.05, 3.63) is 0 Å². The van der Waals surface area contributed by atoms with Crippen molar-refractivity contribution < 1.29 is 0 Å². The number of hydrogen-bond donors (Lipinski definition) is 0. The van der Waals surface area contributed by atoms with Gasteiger partial charge in [-0.3, -0.25) is 0 Å². The van der Waals surface area contributed by atoms with Gasteiger partial charge in [0.2, 0.25) is 0 Å². The summed E-state index contributed by atoms with van der Waals surface area (Å²) in [4.78, 5) is 2.56. The van der Waals surface area contributed by atoms with Gasteiger partial charge in [0.25, 0.3) is 0 Å². The number of rotatable bonds is 8. The van der Waals surface area contributed by atoms with Crippen LogP contribution in [0, 0.1) is 5.92 Å². The van der Waals surface area contributed by atoms with Crippen molar-refractivity contribution in [1.29, 1.82) is 0 Å². The molecule has 1 atom stereocenters. The molecule has 0 rings (SSSR count). The van der Waals surface area contributed by atoms with E-state index in [0.29, 0.717) is 0 Å². The zero-order valence-corrected chi connectivity index (χ0v) is 9.97. The summed E-state index contributed by atoms with van der Waals surface area (Å²) in [5.41, 5.74) is 0. The Kier molecular flexibility index (Phi) is 8.53. The normalized spacial score (nSPS) is 13.6. The van der Waals surface area contributed by atoms with Gasteiger partial charge in [-0.05, 0) is 44.8 Å². The Labute approximate surface area is 84.5 Å². The molecule has 0 saturated heterocycles. The van der Waals surface area contributed by atoms with Crippen LogP contribution >= 0.6 is 0 Å². The summed E-state index contributed by atoms with van der Waals surface area (Å²) in [5, 5.41) is 0. The SMILES string of the molecule is CCCN(CC)CCCC(C)CC. The molecule has 0 aromatic rings. The van der Waals surface area contributed by atoms with Gasteiger partial charge in [0.1, 0.15) is 0 Å². The lowest BCUT2D eigenvalue weighted by Gasteiger charge is -2.20. The van der Waals surface area contributed by atoms with Crippen molar-refractivity contribution in [2.45, 2.75) is 53.4 Å². The van der Waals surface area contributed by atoms with E-state index in [2.05, 4.69) is 32.6 Å². The van der Waals surface area contributed by atoms with Gasteiger partial charge in [-0.15, -0.1) is 0 Å². The van der Waals surface area contributed by atoms with Gasteiger partial charge in [-0.2, -0.15) is 0 Å². The van der Waals surface area contributed by atoms with E-state index < -0.39 is 0 Å². The second-order valence-electron chi connectivity index (χ2n) is 4.09. The highest BCUT2D eigenvalue weighted by atomic mass is 15.1. The van der Waals surface area contributed by atoms with Gasteiger partial charge in [0, 0.05) is 0 Å². The zero-order chi connectivity index (χ0) is 10.1. The average molecular weight is 185 g/mol. The molecule has 0 aromatic carbocycles. The molecule has 1 heteroatoms. The van der Waals surface area contributed by atoms with Gasteiger partial charge in [-0.1, -0.05) is 34.1 Å². The minimum atomic E-state index is 0.917. The topological polar surface area (TPSA) is 3.24 Å². The molecule has 13 heavy (non-hydrogen) atoms. The van der Waals surface area contributed by atoms with Crippen LogP contribution in [0.15, 0.2) is 0 Å². The van der Waals surface area contributed by atoms with Crippen molar-refractivity contribution in [2.75, 3.05) is 19.6 Å². The smallest absolute Gasteiger partial charge is 0.00188 e. The van der Waals surface area contributed by atoms with Crippen LogP contribution in [0.5, 0.6) is 0 Å². The molecule has 0 N–H and O–H groups in total. The molecule has 0 heterocycles. The van der Waals surface area contributed by atoms with E-state index in [9.17, 15) is 0 Å². The maximum Gasteiger partial charge on any atom is -0.00188 e. The van der Waals surface area contributed by atoms with E-state index in [1.54, 1.807) is 0 Å². The first kappa shape index (κ1) is 13.0. The van der Waals surface area contributed by atoms with Crippen LogP contribution in [0.4, 0.5) is 0 Å². The van der Waals surface area contributed by atoms with Crippen molar-refractivity contribution in [3.63, 3.8) is 0 Å². The third-order valence-electron chi connectivity index (χ3n) is 2.86. The first-order chi connectivity index (χ1) is 6.24. The fourth-order valence-corrected chi connectivity index (χ4v) is 1.61. The molecule has 0 aliphatic heterocycles. The maximum absolute atomic E-state index is 2.56. The first-order valence-corrected chi connectivity index (χ1v) is 5.96. The van der Waals surface area contributed by atoms with Crippen molar-refractivity contribution in [3.8, 4) is 0 Å². The van der Waals surface area contributed by atoms with Crippen molar-refractivity contribution in [2.24, 2.45) is 5.92 Å². The second kappa shape index (κ2) is 8.55. The van der Waals surface area contributed by atoms with E-state index in [1.165, 1.54) is 45.3 Å². The third-order valence-corrected chi connectivity index (χ3v) is 2.86. The predicted molar refractivity (Wildman–Crippen MR) is 61.1 cm³/mol. The molecule has 0 radical (unpaired) electrons. The molecule has 0 spiro atoms. The lowest BCUT2D eigenvalue weighted by atomic mass is 10.0. The maximum atomic E-state index is 2.56. The standard InChI is InChI=1S/C12H27N/c1-5-10-13(7-3)11-8-9-12(4)6-2/h12H,5-11H2,1-4H3. The van der Waals surface area contributed by atoms with E-state index in [1.807, 2.05) is 0 Å².